The molecule has 0 bridgehead atoms. The Labute approximate surface area is 171 Å². The lowest BCUT2D eigenvalue weighted by Gasteiger charge is -2.16. The summed E-state index contributed by atoms with van der Waals surface area (Å²) >= 11 is 0. The van der Waals surface area contributed by atoms with E-state index in [0.29, 0.717) is 16.5 Å². The van der Waals surface area contributed by atoms with Crippen LogP contribution in [0.25, 0.3) is 43.7 Å². The fraction of sp³-hybridized carbons (Fsp3) is 0.120. The number of halogens is 3. The molecule has 0 spiro atoms. The molecule has 0 fully saturated rings. The first kappa shape index (κ1) is 18.6. The molecule has 0 aliphatic carbocycles. The zero-order chi connectivity index (χ0) is 21.0. The van der Waals surface area contributed by atoms with Crippen molar-refractivity contribution in [1.82, 2.24) is 9.97 Å². The molecule has 5 heteroatoms. The summed E-state index contributed by atoms with van der Waals surface area (Å²) in [6.45, 7) is 3.92. The Kier molecular flexibility index (Phi) is 4.03. The van der Waals surface area contributed by atoms with Gasteiger partial charge in [-0.1, -0.05) is 53.6 Å². The van der Waals surface area contributed by atoms with E-state index in [0.717, 1.165) is 27.5 Å². The van der Waals surface area contributed by atoms with Crippen LogP contribution in [0.1, 0.15) is 16.7 Å². The standard InChI is InChI=1S/C25H17F3N2/c1-14-9-15(2)11-17(10-14)23-21-12-20-18-6-4-3-5-16(18)7-8-19(20)22(25(26,27)28)24(21)30-13-29-23/h3-13H,1-2H3. The van der Waals surface area contributed by atoms with Gasteiger partial charge in [-0.2, -0.15) is 13.2 Å². The van der Waals surface area contributed by atoms with Crippen LogP contribution < -0.4 is 0 Å². The lowest BCUT2D eigenvalue weighted by atomic mass is 9.93. The van der Waals surface area contributed by atoms with Crippen molar-refractivity contribution in [2.75, 3.05) is 0 Å². The van der Waals surface area contributed by atoms with Crippen LogP contribution in [0.2, 0.25) is 0 Å². The maximum absolute atomic E-state index is 14.2. The number of nitrogens with zero attached hydrogens (tertiary/aromatic N) is 2. The molecule has 0 N–H and O–H groups in total. The van der Waals surface area contributed by atoms with Crippen LogP contribution in [0.5, 0.6) is 0 Å². The number of aromatic nitrogens is 2. The number of hydrogen-bond acceptors (Lipinski definition) is 2. The molecule has 0 saturated carbocycles. The minimum Gasteiger partial charge on any atom is -0.236 e. The largest absolute Gasteiger partial charge is 0.419 e. The van der Waals surface area contributed by atoms with Gasteiger partial charge in [-0.05, 0) is 53.6 Å². The van der Waals surface area contributed by atoms with Gasteiger partial charge in [-0.25, -0.2) is 9.97 Å². The molecule has 0 aliphatic heterocycles. The summed E-state index contributed by atoms with van der Waals surface area (Å²) in [5, 5.41) is 2.77. The maximum Gasteiger partial charge on any atom is 0.419 e. The number of benzene rings is 4. The summed E-state index contributed by atoms with van der Waals surface area (Å²) in [5.74, 6) is 0. The Bertz CT molecular complexity index is 1430. The summed E-state index contributed by atoms with van der Waals surface area (Å²) in [6.07, 6.45) is -3.33. The third-order valence-electron chi connectivity index (χ3n) is 5.43. The van der Waals surface area contributed by atoms with Gasteiger partial charge in [0.15, 0.2) is 0 Å². The third-order valence-corrected chi connectivity index (χ3v) is 5.43. The monoisotopic (exact) mass is 402 g/mol. The summed E-state index contributed by atoms with van der Waals surface area (Å²) in [6, 6.07) is 18.4. The Morgan fingerprint density at radius 3 is 2.17 bits per heavy atom. The highest BCUT2D eigenvalue weighted by atomic mass is 19.4. The van der Waals surface area contributed by atoms with E-state index in [4.69, 9.17) is 0 Å². The average Bonchev–Trinajstić information content (AvgIpc) is 2.70. The van der Waals surface area contributed by atoms with Crippen LogP contribution in [-0.4, -0.2) is 9.97 Å². The van der Waals surface area contributed by atoms with Crippen molar-refractivity contribution < 1.29 is 13.2 Å². The Morgan fingerprint density at radius 1 is 0.700 bits per heavy atom. The van der Waals surface area contributed by atoms with Crippen molar-refractivity contribution in [2.24, 2.45) is 0 Å². The number of fused-ring (bicyclic) bond motifs is 4. The minimum absolute atomic E-state index is 0.0746. The van der Waals surface area contributed by atoms with Crippen molar-refractivity contribution in [1.29, 1.82) is 0 Å². The summed E-state index contributed by atoms with van der Waals surface area (Å²) < 4.78 is 42.7. The third kappa shape index (κ3) is 2.89. The number of aryl methyl sites for hydroxylation is 2. The summed E-state index contributed by atoms with van der Waals surface area (Å²) in [4.78, 5) is 8.47. The maximum atomic E-state index is 14.2. The van der Waals surface area contributed by atoms with Crippen molar-refractivity contribution in [3.05, 3.63) is 83.7 Å². The first-order chi connectivity index (χ1) is 14.3. The number of hydrogen-bond donors (Lipinski definition) is 0. The first-order valence-electron chi connectivity index (χ1n) is 9.58. The lowest BCUT2D eigenvalue weighted by molar-refractivity contribution is -0.135. The predicted octanol–water partition coefficient (Wildman–Crippen LogP) is 7.24. The van der Waals surface area contributed by atoms with Gasteiger partial charge in [0.2, 0.25) is 0 Å². The van der Waals surface area contributed by atoms with E-state index in [1.165, 1.54) is 6.33 Å². The van der Waals surface area contributed by atoms with Crippen molar-refractivity contribution in [2.45, 2.75) is 20.0 Å². The van der Waals surface area contributed by atoms with Crippen LogP contribution in [0.3, 0.4) is 0 Å². The zero-order valence-electron chi connectivity index (χ0n) is 16.4. The van der Waals surface area contributed by atoms with E-state index in [-0.39, 0.29) is 10.9 Å². The SMILES string of the molecule is Cc1cc(C)cc(-c2ncnc3c(C(F)(F)F)c4ccc5ccccc5c4cc23)c1. The molecule has 2 nitrogen and oxygen atoms in total. The Hall–Kier alpha value is -3.47. The smallest absolute Gasteiger partial charge is 0.236 e. The molecule has 1 heterocycles. The molecular formula is C25H17F3N2. The van der Waals surface area contributed by atoms with Crippen LogP contribution in [0, 0.1) is 13.8 Å². The molecule has 5 aromatic rings. The van der Waals surface area contributed by atoms with E-state index < -0.39 is 11.7 Å². The Morgan fingerprint density at radius 2 is 1.43 bits per heavy atom. The minimum atomic E-state index is -4.55. The van der Waals surface area contributed by atoms with E-state index in [2.05, 4.69) is 9.97 Å². The van der Waals surface area contributed by atoms with Crippen molar-refractivity contribution in [3.8, 4) is 11.3 Å². The fourth-order valence-electron chi connectivity index (χ4n) is 4.30. The molecule has 0 aliphatic rings. The highest BCUT2D eigenvalue weighted by molar-refractivity contribution is 6.15. The molecule has 148 valence electrons. The van der Waals surface area contributed by atoms with Crippen LogP contribution in [0.15, 0.2) is 67.0 Å². The van der Waals surface area contributed by atoms with Gasteiger partial charge < -0.3 is 0 Å². The van der Waals surface area contributed by atoms with E-state index >= 15 is 0 Å². The van der Waals surface area contributed by atoms with E-state index in [9.17, 15) is 13.2 Å². The van der Waals surface area contributed by atoms with E-state index in [1.54, 1.807) is 18.2 Å². The van der Waals surface area contributed by atoms with Crippen molar-refractivity contribution >= 4 is 32.4 Å². The molecule has 0 saturated heterocycles. The Balaban J connectivity index is 2.00. The van der Waals surface area contributed by atoms with Gasteiger partial charge in [0.25, 0.3) is 0 Å². The molecule has 0 amide bonds. The van der Waals surface area contributed by atoms with Gasteiger partial charge in [0.1, 0.15) is 6.33 Å². The molecule has 30 heavy (non-hydrogen) atoms. The fourth-order valence-corrected chi connectivity index (χ4v) is 4.30. The molecule has 0 unspecified atom stereocenters. The second-order valence-electron chi connectivity index (χ2n) is 7.63. The van der Waals surface area contributed by atoms with Gasteiger partial charge in [0.05, 0.1) is 16.8 Å². The van der Waals surface area contributed by atoms with E-state index in [1.807, 2.05) is 56.3 Å². The van der Waals surface area contributed by atoms with Crippen LogP contribution in [0.4, 0.5) is 13.2 Å². The second-order valence-corrected chi connectivity index (χ2v) is 7.63. The van der Waals surface area contributed by atoms with Gasteiger partial charge in [-0.3, -0.25) is 0 Å². The van der Waals surface area contributed by atoms with Gasteiger partial charge >= 0.3 is 6.18 Å². The predicted molar refractivity (Wildman–Crippen MR) is 114 cm³/mol. The summed E-state index contributed by atoms with van der Waals surface area (Å²) in [5.41, 5.74) is 2.56. The molecule has 5 rings (SSSR count). The topological polar surface area (TPSA) is 25.8 Å². The van der Waals surface area contributed by atoms with Gasteiger partial charge in [-0.15, -0.1) is 0 Å². The summed E-state index contributed by atoms with van der Waals surface area (Å²) in [7, 11) is 0. The molecular weight excluding hydrogens is 385 g/mol. The second kappa shape index (κ2) is 6.52. The molecule has 4 aromatic carbocycles. The molecule has 0 atom stereocenters. The first-order valence-corrected chi connectivity index (χ1v) is 9.58. The quantitative estimate of drug-likeness (QED) is 0.218. The molecule has 1 aromatic heterocycles. The van der Waals surface area contributed by atoms with Gasteiger partial charge in [0, 0.05) is 10.9 Å². The van der Waals surface area contributed by atoms with Crippen LogP contribution in [-0.2, 0) is 6.18 Å². The molecule has 0 radical (unpaired) electrons. The van der Waals surface area contributed by atoms with Crippen molar-refractivity contribution in [3.63, 3.8) is 0 Å². The lowest BCUT2D eigenvalue weighted by Crippen LogP contribution is -2.08. The average molecular weight is 402 g/mol. The van der Waals surface area contributed by atoms with Crippen LogP contribution >= 0.6 is 0 Å². The normalized spacial score (nSPS) is 12.2. The highest BCUT2D eigenvalue weighted by Gasteiger charge is 2.36. The number of rotatable bonds is 1. The zero-order valence-corrected chi connectivity index (χ0v) is 16.4. The highest BCUT2D eigenvalue weighted by Crippen LogP contribution is 2.43. The number of alkyl halides is 3.